The quantitative estimate of drug-likeness (QED) is 0.513. The minimum atomic E-state index is -4.61. The molecule has 0 aromatic heterocycles. The molecule has 0 rings (SSSR count). The van der Waals surface area contributed by atoms with Crippen LogP contribution in [0.1, 0.15) is 0 Å². The third-order valence-electron chi connectivity index (χ3n) is 0.407. The van der Waals surface area contributed by atoms with Gasteiger partial charge in [-0.25, -0.2) is 0 Å². The summed E-state index contributed by atoms with van der Waals surface area (Å²) in [6.45, 7) is 0. The first kappa shape index (κ1) is 9.82. The van der Waals surface area contributed by atoms with Gasteiger partial charge < -0.3 is 0 Å². The average molecular weight is 189 g/mol. The molecule has 0 N–H and O–H groups in total. The van der Waals surface area contributed by atoms with Crippen LogP contribution < -0.4 is 0 Å². The topological polar surface area (TPSA) is 97.4 Å². The Kier molecular flexibility index (Phi) is 2.77. The molecular weight excluding hydrogens is 184 g/mol. The maximum absolute atomic E-state index is 10.1. The van der Waals surface area contributed by atoms with Crippen molar-refractivity contribution in [3.8, 4) is 0 Å². The van der Waals surface area contributed by atoms with Crippen molar-refractivity contribution in [2.24, 2.45) is 0 Å². The van der Waals surface area contributed by atoms with Crippen LogP contribution in [0.3, 0.4) is 0 Å². The van der Waals surface area contributed by atoms with E-state index in [1.54, 1.807) is 0 Å². The van der Waals surface area contributed by atoms with E-state index in [2.05, 4.69) is 4.18 Å². The van der Waals surface area contributed by atoms with Crippen LogP contribution in [0.15, 0.2) is 0 Å². The summed E-state index contributed by atoms with van der Waals surface area (Å²) in [5.74, 6) is -1.34. The molecule has 0 aromatic carbocycles. The van der Waals surface area contributed by atoms with Crippen molar-refractivity contribution in [3.63, 3.8) is 0 Å². The largest absolute Gasteiger partial charge is 0.320 e. The van der Waals surface area contributed by atoms with Gasteiger partial charge in [0.25, 0.3) is 10.1 Å². The van der Waals surface area contributed by atoms with E-state index in [0.717, 1.165) is 0 Å². The predicted octanol–water partition coefficient (Wildman–Crippen LogP) is -1.32. The first-order valence-electron chi connectivity index (χ1n) is 1.99. The van der Waals surface area contributed by atoms with E-state index in [-0.39, 0.29) is 0 Å². The zero-order chi connectivity index (χ0) is 8.41. The van der Waals surface area contributed by atoms with Gasteiger partial charge in [0.1, 0.15) is 0 Å². The molecule has 61 valence electrons. The fourth-order valence-corrected chi connectivity index (χ4v) is 1.32. The third-order valence-corrected chi connectivity index (χ3v) is 1.51. The van der Waals surface area contributed by atoms with Crippen LogP contribution in [0.4, 0.5) is 0 Å². The molecule has 0 aliphatic heterocycles. The van der Waals surface area contributed by atoms with E-state index >= 15 is 0 Å². The smallest absolute Gasteiger partial charge is 0.251 e. The van der Waals surface area contributed by atoms with Crippen LogP contribution in [0.5, 0.6) is 0 Å². The van der Waals surface area contributed by atoms with Crippen molar-refractivity contribution in [1.82, 2.24) is 0 Å². The summed E-state index contributed by atoms with van der Waals surface area (Å²) in [6.07, 6.45) is 0.651. The zero-order valence-electron chi connectivity index (χ0n) is 4.97. The van der Waals surface area contributed by atoms with Gasteiger partial charge in [-0.3, -0.25) is 4.18 Å². The van der Waals surface area contributed by atoms with Crippen LogP contribution in [-0.4, -0.2) is 29.0 Å². The van der Waals surface area contributed by atoms with E-state index < -0.39 is 26.2 Å². The van der Waals surface area contributed by atoms with Crippen LogP contribution in [0, 0.1) is 0 Å². The molecule has 0 aliphatic rings. The lowest BCUT2D eigenvalue weighted by atomic mass is 11.7. The minimum absolute atomic E-state index is 0.651. The molecule has 0 spiro atoms. The second-order valence-corrected chi connectivity index (χ2v) is 4.49. The molecule has 0 saturated carbocycles. The van der Waals surface area contributed by atoms with Gasteiger partial charge in [0, 0.05) is 0 Å². The molecular formula is C2H5O6S2. The van der Waals surface area contributed by atoms with Gasteiger partial charge in [-0.15, -0.1) is 0 Å². The summed E-state index contributed by atoms with van der Waals surface area (Å²) in [5, 5.41) is 0. The molecule has 0 aliphatic carbocycles. The zero-order valence-corrected chi connectivity index (χ0v) is 6.61. The Morgan fingerprint density at radius 1 is 1.20 bits per heavy atom. The van der Waals surface area contributed by atoms with Crippen LogP contribution in [-0.2, 0) is 29.0 Å². The Hall–Kier alpha value is -0.180. The number of hydrogen-bond acceptors (Lipinski definition) is 5. The molecule has 0 amide bonds. The summed E-state index contributed by atoms with van der Waals surface area (Å²) in [5.41, 5.74) is 0. The maximum atomic E-state index is 10.1. The van der Waals surface area contributed by atoms with Crippen molar-refractivity contribution in [2.75, 3.05) is 12.2 Å². The van der Waals surface area contributed by atoms with Crippen molar-refractivity contribution in [2.45, 2.75) is 0 Å². The highest BCUT2D eigenvalue weighted by molar-refractivity contribution is 7.88. The SMILES string of the molecule is CS(=O)(=O)OCS([O])(=O)=O. The van der Waals surface area contributed by atoms with E-state index in [0.29, 0.717) is 6.26 Å². The highest BCUT2D eigenvalue weighted by atomic mass is 32.2. The molecule has 1 radical (unpaired) electrons. The molecule has 0 saturated heterocycles. The van der Waals surface area contributed by atoms with Gasteiger partial charge >= 0.3 is 10.1 Å². The lowest BCUT2D eigenvalue weighted by Crippen LogP contribution is -2.11. The Bertz CT molecular complexity index is 250. The van der Waals surface area contributed by atoms with Gasteiger partial charge in [-0.2, -0.15) is 16.8 Å². The summed E-state index contributed by atoms with van der Waals surface area (Å²) in [6, 6.07) is 0. The highest BCUT2D eigenvalue weighted by Gasteiger charge is 2.11. The standard InChI is InChI=1S/C2H5O6S2/c1-9(3,4)8-2-10(5,6)7/h2H2,1H3. The summed E-state index contributed by atoms with van der Waals surface area (Å²) in [7, 11) is -8.45. The molecule has 0 bridgehead atoms. The van der Waals surface area contributed by atoms with Crippen LogP contribution in [0.25, 0.3) is 0 Å². The van der Waals surface area contributed by atoms with Crippen molar-refractivity contribution >= 4 is 20.2 Å². The lowest BCUT2D eigenvalue weighted by Gasteiger charge is -1.94. The van der Waals surface area contributed by atoms with Crippen molar-refractivity contribution in [3.05, 3.63) is 0 Å². The third kappa shape index (κ3) is 7.82. The van der Waals surface area contributed by atoms with Crippen LogP contribution >= 0.6 is 0 Å². The number of rotatable bonds is 3. The first-order chi connectivity index (χ1) is 4.21. The summed E-state index contributed by atoms with van der Waals surface area (Å²) < 4.78 is 53.0. The second-order valence-electron chi connectivity index (χ2n) is 1.50. The molecule has 8 heteroatoms. The van der Waals surface area contributed by atoms with Crippen molar-refractivity contribution in [1.29, 1.82) is 0 Å². The number of hydrogen-bond donors (Lipinski definition) is 0. The molecule has 0 fully saturated rings. The monoisotopic (exact) mass is 189 g/mol. The van der Waals surface area contributed by atoms with E-state index in [1.807, 2.05) is 0 Å². The molecule has 0 aromatic rings. The van der Waals surface area contributed by atoms with Crippen molar-refractivity contribution < 1.29 is 25.6 Å². The van der Waals surface area contributed by atoms with E-state index in [9.17, 15) is 21.4 Å². The first-order valence-corrected chi connectivity index (χ1v) is 5.38. The molecule has 6 nitrogen and oxygen atoms in total. The average Bonchev–Trinajstić information content (AvgIpc) is 1.57. The highest BCUT2D eigenvalue weighted by Crippen LogP contribution is 1.90. The fourth-order valence-electron chi connectivity index (χ4n) is 0.146. The van der Waals surface area contributed by atoms with Gasteiger partial charge in [0.15, 0.2) is 5.94 Å². The van der Waals surface area contributed by atoms with E-state index in [4.69, 9.17) is 0 Å². The molecule has 0 heterocycles. The van der Waals surface area contributed by atoms with Gasteiger partial charge in [-0.1, -0.05) is 4.55 Å². The Morgan fingerprint density at radius 2 is 1.60 bits per heavy atom. The summed E-state index contributed by atoms with van der Waals surface area (Å²) in [4.78, 5) is 0. The summed E-state index contributed by atoms with van der Waals surface area (Å²) >= 11 is 0. The van der Waals surface area contributed by atoms with Gasteiger partial charge in [0.2, 0.25) is 0 Å². The minimum Gasteiger partial charge on any atom is -0.251 e. The van der Waals surface area contributed by atoms with Gasteiger partial charge in [-0.05, 0) is 0 Å². The second kappa shape index (κ2) is 2.82. The lowest BCUT2D eigenvalue weighted by molar-refractivity contribution is 0.333. The molecule has 0 unspecified atom stereocenters. The van der Waals surface area contributed by atoms with E-state index in [1.165, 1.54) is 0 Å². The fraction of sp³-hybridized carbons (Fsp3) is 1.00. The predicted molar refractivity (Wildman–Crippen MR) is 30.4 cm³/mol. The Balaban J connectivity index is 4.05. The van der Waals surface area contributed by atoms with Gasteiger partial charge in [0.05, 0.1) is 6.26 Å². The maximum Gasteiger partial charge on any atom is 0.320 e. The normalized spacial score (nSPS) is 13.4. The molecule has 0 atom stereocenters. The molecule has 10 heavy (non-hydrogen) atoms. The van der Waals surface area contributed by atoms with Crippen LogP contribution in [0.2, 0.25) is 0 Å². The Morgan fingerprint density at radius 3 is 1.70 bits per heavy atom. The Labute approximate surface area is 58.7 Å².